The van der Waals surface area contributed by atoms with Crippen LogP contribution in [0.2, 0.25) is 0 Å². The molecule has 0 radical (unpaired) electrons. The van der Waals surface area contributed by atoms with E-state index in [-0.39, 0.29) is 16.8 Å². The van der Waals surface area contributed by atoms with Gasteiger partial charge in [-0.1, -0.05) is 60.2 Å². The molecule has 40 heavy (non-hydrogen) atoms. The first kappa shape index (κ1) is 25.7. The molecule has 1 unspecified atom stereocenters. The summed E-state index contributed by atoms with van der Waals surface area (Å²) in [5.41, 5.74) is 7.08. The normalized spacial score (nSPS) is 15.3. The molecule has 9 heteroatoms. The molecule has 1 aliphatic heterocycles. The number of aryl methyl sites for hydroxylation is 1. The Kier molecular flexibility index (Phi) is 6.53. The van der Waals surface area contributed by atoms with Gasteiger partial charge in [0.05, 0.1) is 33.7 Å². The minimum atomic E-state index is -3.84. The van der Waals surface area contributed by atoms with E-state index in [9.17, 15) is 12.8 Å². The molecule has 2 heterocycles. The number of aromatic nitrogens is 2. The fourth-order valence-corrected chi connectivity index (χ4v) is 5.39. The largest absolute Gasteiger partial charge is 0.257 e. The highest BCUT2D eigenvalue weighted by atomic mass is 32.2. The van der Waals surface area contributed by atoms with Gasteiger partial charge in [-0.2, -0.15) is 10.2 Å². The maximum atomic E-state index is 13.7. The second kappa shape index (κ2) is 10.2. The zero-order chi connectivity index (χ0) is 27.9. The van der Waals surface area contributed by atoms with Crippen LogP contribution in [0.5, 0.6) is 0 Å². The first-order chi connectivity index (χ1) is 19.3. The van der Waals surface area contributed by atoms with Crippen molar-refractivity contribution in [2.45, 2.75) is 24.3 Å². The minimum absolute atomic E-state index is 0.0203. The molecule has 200 valence electrons. The van der Waals surface area contributed by atoms with Crippen LogP contribution >= 0.6 is 0 Å². The highest BCUT2D eigenvalue weighted by Gasteiger charge is 2.34. The molecule has 0 amide bonds. The van der Waals surface area contributed by atoms with Gasteiger partial charge >= 0.3 is 0 Å². The molecule has 2 N–H and O–H groups in total. The molecule has 7 nitrogen and oxygen atoms in total. The summed E-state index contributed by atoms with van der Waals surface area (Å²) in [6.07, 6.45) is 2.55. The van der Waals surface area contributed by atoms with E-state index in [0.717, 1.165) is 39.3 Å². The molecule has 0 bridgehead atoms. The summed E-state index contributed by atoms with van der Waals surface area (Å²) in [6, 6.07) is 30.4. The quantitative estimate of drug-likeness (QED) is 0.281. The highest BCUT2D eigenvalue weighted by Crippen LogP contribution is 2.41. The van der Waals surface area contributed by atoms with Crippen LogP contribution in [-0.4, -0.2) is 23.9 Å². The van der Waals surface area contributed by atoms with Gasteiger partial charge in [-0.05, 0) is 61.0 Å². The summed E-state index contributed by atoms with van der Waals surface area (Å²) in [6.45, 7) is 2.04. The second-order valence-corrected chi connectivity index (χ2v) is 11.3. The van der Waals surface area contributed by atoms with Crippen LogP contribution in [0.1, 0.15) is 29.2 Å². The van der Waals surface area contributed by atoms with E-state index < -0.39 is 10.0 Å². The lowest BCUT2D eigenvalue weighted by Gasteiger charge is -2.24. The van der Waals surface area contributed by atoms with E-state index in [0.29, 0.717) is 12.1 Å². The summed E-state index contributed by atoms with van der Waals surface area (Å²) in [5.74, 6) is -0.319. The van der Waals surface area contributed by atoms with Crippen molar-refractivity contribution in [1.82, 2.24) is 9.78 Å². The number of hydrazone groups is 1. The van der Waals surface area contributed by atoms with Crippen molar-refractivity contribution >= 4 is 21.4 Å². The molecule has 0 aliphatic carbocycles. The lowest BCUT2D eigenvalue weighted by atomic mass is 9.96. The molecule has 1 atom stereocenters. The fraction of sp³-hybridized carbons (Fsp3) is 0.0968. The van der Waals surface area contributed by atoms with Gasteiger partial charge in [0.15, 0.2) is 0 Å². The first-order valence-electron chi connectivity index (χ1n) is 12.7. The standard InChI is InChI=1S/C31H26FN5O2S/c1-21-7-9-23(10-8-21)31-28(20-36(35-31)25-5-3-2-4-6-25)30-19-29(22-11-13-24(32)14-12-22)34-37(30)26-15-17-27(18-16-26)40(33,38)39/h2-18,20,30H,19H2,1H3,(H2,33,38,39). The summed E-state index contributed by atoms with van der Waals surface area (Å²) < 4.78 is 39.3. The third-order valence-corrected chi connectivity index (χ3v) is 7.89. The molecule has 4 aromatic carbocycles. The molecule has 0 saturated heterocycles. The number of anilines is 1. The zero-order valence-corrected chi connectivity index (χ0v) is 22.5. The number of nitrogens with zero attached hydrogens (tertiary/aromatic N) is 4. The molecule has 1 aromatic heterocycles. The van der Waals surface area contributed by atoms with Crippen LogP contribution < -0.4 is 10.1 Å². The number of nitrogens with two attached hydrogens (primary N) is 1. The summed E-state index contributed by atoms with van der Waals surface area (Å²) in [5, 5.41) is 17.2. The fourth-order valence-electron chi connectivity index (χ4n) is 4.88. The number of rotatable bonds is 6. The van der Waals surface area contributed by atoms with Gasteiger partial charge in [0.25, 0.3) is 0 Å². The van der Waals surface area contributed by atoms with Gasteiger partial charge in [-0.15, -0.1) is 0 Å². The van der Waals surface area contributed by atoms with Crippen molar-refractivity contribution in [3.05, 3.63) is 132 Å². The molecule has 5 aromatic rings. The van der Waals surface area contributed by atoms with Crippen molar-refractivity contribution in [2.24, 2.45) is 10.2 Å². The summed E-state index contributed by atoms with van der Waals surface area (Å²) >= 11 is 0. The Morgan fingerprint density at radius 3 is 2.12 bits per heavy atom. The Bertz CT molecular complexity index is 1800. The number of hydrogen-bond acceptors (Lipinski definition) is 5. The highest BCUT2D eigenvalue weighted by molar-refractivity contribution is 7.89. The first-order valence-corrected chi connectivity index (χ1v) is 14.3. The van der Waals surface area contributed by atoms with Gasteiger partial charge in [-0.25, -0.2) is 22.6 Å². The van der Waals surface area contributed by atoms with Gasteiger partial charge in [-0.3, -0.25) is 5.01 Å². The Morgan fingerprint density at radius 2 is 1.48 bits per heavy atom. The summed E-state index contributed by atoms with van der Waals surface area (Å²) in [7, 11) is -3.84. The summed E-state index contributed by atoms with van der Waals surface area (Å²) in [4.78, 5) is 0.0203. The molecule has 0 saturated carbocycles. The number of hydrogen-bond donors (Lipinski definition) is 1. The maximum Gasteiger partial charge on any atom is 0.238 e. The lowest BCUT2D eigenvalue weighted by molar-refractivity contribution is 0.597. The number of para-hydroxylation sites is 1. The molecule has 0 spiro atoms. The van der Waals surface area contributed by atoms with Crippen molar-refractivity contribution in [3.63, 3.8) is 0 Å². The Hall–Kier alpha value is -4.60. The molecule has 1 aliphatic rings. The molecule has 0 fully saturated rings. The Labute approximate surface area is 232 Å². The van der Waals surface area contributed by atoms with E-state index in [2.05, 4.69) is 24.3 Å². The van der Waals surface area contributed by atoms with Gasteiger partial charge < -0.3 is 0 Å². The smallest absolute Gasteiger partial charge is 0.238 e. The minimum Gasteiger partial charge on any atom is -0.257 e. The lowest BCUT2D eigenvalue weighted by Crippen LogP contribution is -2.19. The number of primary sulfonamides is 1. The molecular formula is C31H26FN5O2S. The molecule has 6 rings (SSSR count). The predicted molar refractivity (Wildman–Crippen MR) is 154 cm³/mol. The van der Waals surface area contributed by atoms with E-state index in [1.54, 1.807) is 24.3 Å². The van der Waals surface area contributed by atoms with Gasteiger partial charge in [0.1, 0.15) is 5.82 Å². The van der Waals surface area contributed by atoms with Crippen LogP contribution in [0.25, 0.3) is 16.9 Å². The monoisotopic (exact) mass is 551 g/mol. The maximum absolute atomic E-state index is 13.7. The number of halogens is 1. The van der Waals surface area contributed by atoms with Crippen LogP contribution in [-0.2, 0) is 10.0 Å². The van der Waals surface area contributed by atoms with Crippen molar-refractivity contribution in [1.29, 1.82) is 0 Å². The van der Waals surface area contributed by atoms with Crippen LogP contribution in [0.15, 0.2) is 119 Å². The van der Waals surface area contributed by atoms with Crippen LogP contribution in [0.3, 0.4) is 0 Å². The average molecular weight is 552 g/mol. The number of benzene rings is 4. The van der Waals surface area contributed by atoms with Gasteiger partial charge in [0, 0.05) is 23.7 Å². The Balaban J connectivity index is 1.50. The third kappa shape index (κ3) is 5.04. The average Bonchev–Trinajstić information content (AvgIpc) is 3.59. The van der Waals surface area contributed by atoms with Gasteiger partial charge in [0.2, 0.25) is 10.0 Å². The molecular weight excluding hydrogens is 525 g/mol. The predicted octanol–water partition coefficient (Wildman–Crippen LogP) is 5.99. The van der Waals surface area contributed by atoms with E-state index >= 15 is 0 Å². The second-order valence-electron chi connectivity index (χ2n) is 9.74. The van der Waals surface area contributed by atoms with E-state index in [1.807, 2.05) is 53.1 Å². The SMILES string of the molecule is Cc1ccc(-c2nn(-c3ccccc3)cc2C2CC(c3ccc(F)cc3)=NN2c2ccc(S(N)(=O)=O)cc2)cc1. The third-order valence-electron chi connectivity index (χ3n) is 6.96. The van der Waals surface area contributed by atoms with E-state index in [4.69, 9.17) is 15.3 Å². The Morgan fingerprint density at radius 1 is 0.825 bits per heavy atom. The number of sulfonamides is 1. The zero-order valence-electron chi connectivity index (χ0n) is 21.6. The van der Waals surface area contributed by atoms with E-state index in [1.165, 1.54) is 24.3 Å². The topological polar surface area (TPSA) is 93.6 Å². The van der Waals surface area contributed by atoms with Crippen LogP contribution in [0, 0.1) is 12.7 Å². The van der Waals surface area contributed by atoms with Crippen molar-refractivity contribution < 1.29 is 12.8 Å². The van der Waals surface area contributed by atoms with Crippen LogP contribution in [0.4, 0.5) is 10.1 Å². The van der Waals surface area contributed by atoms with Crippen molar-refractivity contribution in [2.75, 3.05) is 5.01 Å². The van der Waals surface area contributed by atoms with Crippen molar-refractivity contribution in [3.8, 4) is 16.9 Å².